The fraction of sp³-hybridized carbons (Fsp3) is 0.538. The lowest BCUT2D eigenvalue weighted by molar-refractivity contribution is 0.0576. The van der Waals surface area contributed by atoms with Crippen molar-refractivity contribution in [3.05, 3.63) is 17.8 Å². The molecule has 1 atom stereocenters. The molecule has 0 radical (unpaired) electrons. The van der Waals surface area contributed by atoms with Gasteiger partial charge in [-0.25, -0.2) is 4.98 Å². The van der Waals surface area contributed by atoms with E-state index >= 15 is 0 Å². The number of nitrogens with zero attached hydrogens (tertiary/aromatic N) is 3. The van der Waals surface area contributed by atoms with Crippen LogP contribution in [-0.4, -0.2) is 31.8 Å². The molecule has 2 heterocycles. The summed E-state index contributed by atoms with van der Waals surface area (Å²) < 4.78 is 5.46. The molecule has 1 aliphatic heterocycles. The van der Waals surface area contributed by atoms with Gasteiger partial charge in [0.15, 0.2) is 5.82 Å². The molecule has 1 unspecified atom stereocenters. The van der Waals surface area contributed by atoms with Gasteiger partial charge in [0.05, 0.1) is 17.9 Å². The first kappa shape index (κ1) is 12.7. The maximum absolute atomic E-state index is 8.78. The van der Waals surface area contributed by atoms with Crippen molar-refractivity contribution in [2.75, 3.05) is 37.4 Å². The molecule has 0 spiro atoms. The van der Waals surface area contributed by atoms with Crippen LogP contribution in [0.3, 0.4) is 0 Å². The van der Waals surface area contributed by atoms with E-state index in [1.165, 1.54) is 6.42 Å². The highest BCUT2D eigenvalue weighted by molar-refractivity contribution is 5.64. The van der Waals surface area contributed by atoms with E-state index < -0.39 is 0 Å². The molecule has 2 rings (SSSR count). The van der Waals surface area contributed by atoms with E-state index in [0.29, 0.717) is 17.2 Å². The van der Waals surface area contributed by atoms with Crippen molar-refractivity contribution in [2.45, 2.75) is 12.8 Å². The smallest absolute Gasteiger partial charge is 0.151 e. The summed E-state index contributed by atoms with van der Waals surface area (Å²) in [5.74, 6) is 1.26. The van der Waals surface area contributed by atoms with Crippen LogP contribution in [0, 0.1) is 17.2 Å². The van der Waals surface area contributed by atoms with Gasteiger partial charge in [0.1, 0.15) is 6.07 Å². The Morgan fingerprint density at radius 1 is 1.67 bits per heavy atom. The van der Waals surface area contributed by atoms with Gasteiger partial charge in [-0.2, -0.15) is 5.26 Å². The number of hydrogen-bond acceptors (Lipinski definition) is 5. The molecule has 1 aromatic heterocycles. The second kappa shape index (κ2) is 5.69. The van der Waals surface area contributed by atoms with E-state index in [1.54, 1.807) is 12.3 Å². The Balaban J connectivity index is 2.04. The van der Waals surface area contributed by atoms with E-state index in [9.17, 15) is 0 Å². The molecular formula is C13H18N4O. The number of nitriles is 1. The summed E-state index contributed by atoms with van der Waals surface area (Å²) >= 11 is 0. The SMILES string of the molecule is CN(CC1CCCOC1)c1ncc(C#N)cc1N. The van der Waals surface area contributed by atoms with Crippen molar-refractivity contribution in [1.29, 1.82) is 5.26 Å². The molecule has 1 aliphatic rings. The minimum absolute atomic E-state index is 0.491. The zero-order valence-electron chi connectivity index (χ0n) is 10.6. The first-order valence-corrected chi connectivity index (χ1v) is 6.15. The standard InChI is InChI=1S/C13H18N4O/c1-17(8-10-3-2-4-18-9-10)13-12(15)5-11(6-14)7-16-13/h5,7,10H,2-4,8-9,15H2,1H3. The zero-order valence-corrected chi connectivity index (χ0v) is 10.6. The number of anilines is 2. The highest BCUT2D eigenvalue weighted by Gasteiger charge is 2.17. The highest BCUT2D eigenvalue weighted by atomic mass is 16.5. The molecule has 1 fully saturated rings. The van der Waals surface area contributed by atoms with Gasteiger partial charge in [-0.3, -0.25) is 0 Å². The number of rotatable bonds is 3. The zero-order chi connectivity index (χ0) is 13.0. The molecule has 0 bridgehead atoms. The third-order valence-corrected chi connectivity index (χ3v) is 3.17. The fourth-order valence-corrected chi connectivity index (χ4v) is 2.28. The van der Waals surface area contributed by atoms with Crippen LogP contribution in [0.2, 0.25) is 0 Å². The van der Waals surface area contributed by atoms with Gasteiger partial charge in [-0.05, 0) is 24.8 Å². The molecule has 0 amide bonds. The average Bonchev–Trinajstić information content (AvgIpc) is 2.39. The second-order valence-electron chi connectivity index (χ2n) is 4.71. The average molecular weight is 246 g/mol. The first-order valence-electron chi connectivity index (χ1n) is 6.15. The van der Waals surface area contributed by atoms with Crippen LogP contribution in [0.15, 0.2) is 12.3 Å². The number of nitrogens with two attached hydrogens (primary N) is 1. The molecular weight excluding hydrogens is 228 g/mol. The molecule has 2 N–H and O–H groups in total. The van der Waals surface area contributed by atoms with Gasteiger partial charge in [-0.1, -0.05) is 0 Å². The summed E-state index contributed by atoms with van der Waals surface area (Å²) in [6.07, 6.45) is 3.86. The van der Waals surface area contributed by atoms with Gasteiger partial charge in [0, 0.05) is 26.4 Å². The monoisotopic (exact) mass is 246 g/mol. The third-order valence-electron chi connectivity index (χ3n) is 3.17. The molecule has 1 saturated heterocycles. The topological polar surface area (TPSA) is 75.2 Å². The number of pyridine rings is 1. The van der Waals surface area contributed by atoms with Gasteiger partial charge in [-0.15, -0.1) is 0 Å². The Bertz CT molecular complexity index is 449. The number of ether oxygens (including phenoxy) is 1. The number of hydrogen-bond donors (Lipinski definition) is 1. The number of nitrogen functional groups attached to an aromatic ring is 1. The molecule has 0 aromatic carbocycles. The van der Waals surface area contributed by atoms with E-state index in [4.69, 9.17) is 15.7 Å². The lowest BCUT2D eigenvalue weighted by atomic mass is 10.0. The van der Waals surface area contributed by atoms with Crippen LogP contribution < -0.4 is 10.6 Å². The largest absolute Gasteiger partial charge is 0.396 e. The Morgan fingerprint density at radius 3 is 3.11 bits per heavy atom. The lowest BCUT2D eigenvalue weighted by Crippen LogP contribution is -2.31. The molecule has 5 nitrogen and oxygen atoms in total. The molecule has 5 heteroatoms. The third kappa shape index (κ3) is 2.90. The molecule has 0 saturated carbocycles. The predicted molar refractivity (Wildman–Crippen MR) is 70.2 cm³/mol. The predicted octanol–water partition coefficient (Wildman–Crippen LogP) is 1.40. The van der Waals surface area contributed by atoms with Crippen LogP contribution in [0.5, 0.6) is 0 Å². The van der Waals surface area contributed by atoms with Crippen molar-refractivity contribution in [1.82, 2.24) is 4.98 Å². The van der Waals surface area contributed by atoms with Crippen LogP contribution in [-0.2, 0) is 4.74 Å². The van der Waals surface area contributed by atoms with Crippen molar-refractivity contribution >= 4 is 11.5 Å². The fourth-order valence-electron chi connectivity index (χ4n) is 2.28. The van der Waals surface area contributed by atoms with Crippen LogP contribution in [0.1, 0.15) is 18.4 Å². The minimum atomic E-state index is 0.491. The summed E-state index contributed by atoms with van der Waals surface area (Å²) in [4.78, 5) is 6.29. The van der Waals surface area contributed by atoms with Gasteiger partial charge < -0.3 is 15.4 Å². The maximum atomic E-state index is 8.78. The Morgan fingerprint density at radius 2 is 2.50 bits per heavy atom. The van der Waals surface area contributed by atoms with Gasteiger partial charge in [0.25, 0.3) is 0 Å². The molecule has 96 valence electrons. The van der Waals surface area contributed by atoms with Crippen LogP contribution >= 0.6 is 0 Å². The van der Waals surface area contributed by atoms with Crippen molar-refractivity contribution in [3.8, 4) is 6.07 Å². The number of aromatic nitrogens is 1. The van der Waals surface area contributed by atoms with Crippen molar-refractivity contribution in [3.63, 3.8) is 0 Å². The first-order chi connectivity index (χ1) is 8.70. The Kier molecular flexibility index (Phi) is 4.00. The van der Waals surface area contributed by atoms with Crippen molar-refractivity contribution < 1.29 is 4.74 Å². The lowest BCUT2D eigenvalue weighted by Gasteiger charge is -2.28. The summed E-state index contributed by atoms with van der Waals surface area (Å²) in [6.45, 7) is 2.56. The van der Waals surface area contributed by atoms with Crippen LogP contribution in [0.4, 0.5) is 11.5 Å². The van der Waals surface area contributed by atoms with Gasteiger partial charge in [0.2, 0.25) is 0 Å². The summed E-state index contributed by atoms with van der Waals surface area (Å²) in [6, 6.07) is 3.70. The molecule has 1 aromatic rings. The second-order valence-corrected chi connectivity index (χ2v) is 4.71. The summed E-state index contributed by atoms with van der Waals surface area (Å²) in [5, 5.41) is 8.78. The maximum Gasteiger partial charge on any atom is 0.151 e. The van der Waals surface area contributed by atoms with E-state index in [2.05, 4.69) is 4.98 Å². The van der Waals surface area contributed by atoms with E-state index in [1.807, 2.05) is 18.0 Å². The summed E-state index contributed by atoms with van der Waals surface area (Å²) in [7, 11) is 1.97. The molecule has 0 aliphatic carbocycles. The van der Waals surface area contributed by atoms with E-state index in [-0.39, 0.29) is 0 Å². The van der Waals surface area contributed by atoms with Crippen LogP contribution in [0.25, 0.3) is 0 Å². The quantitative estimate of drug-likeness (QED) is 0.872. The Labute approximate surface area is 107 Å². The normalized spacial score (nSPS) is 19.2. The highest BCUT2D eigenvalue weighted by Crippen LogP contribution is 2.22. The molecule has 18 heavy (non-hydrogen) atoms. The van der Waals surface area contributed by atoms with Crippen molar-refractivity contribution in [2.24, 2.45) is 5.92 Å². The minimum Gasteiger partial charge on any atom is -0.396 e. The summed E-state index contributed by atoms with van der Waals surface area (Å²) in [5.41, 5.74) is 6.96. The van der Waals surface area contributed by atoms with E-state index in [0.717, 1.165) is 32.0 Å². The van der Waals surface area contributed by atoms with Gasteiger partial charge >= 0.3 is 0 Å². The Hall–Kier alpha value is -1.80.